The van der Waals surface area contributed by atoms with Gasteiger partial charge < -0.3 is 9.80 Å². The number of hydrogen-bond acceptors (Lipinski definition) is 4. The van der Waals surface area contributed by atoms with Crippen molar-refractivity contribution < 1.29 is 0 Å². The molecule has 2 heterocycles. The summed E-state index contributed by atoms with van der Waals surface area (Å²) in [7, 11) is 2.21. The lowest BCUT2D eigenvalue weighted by atomic mass is 10.0. The summed E-state index contributed by atoms with van der Waals surface area (Å²) in [6, 6.07) is 11.5. The van der Waals surface area contributed by atoms with E-state index in [2.05, 4.69) is 57.6 Å². The molecule has 0 bridgehead atoms. The molecule has 0 radical (unpaired) electrons. The summed E-state index contributed by atoms with van der Waals surface area (Å²) in [5.41, 5.74) is 5.21. The van der Waals surface area contributed by atoms with Crippen LogP contribution in [0, 0.1) is 0 Å². The minimum Gasteiger partial charge on any atom is -0.304 e. The van der Waals surface area contributed by atoms with Crippen LogP contribution in [0.1, 0.15) is 18.4 Å². The first-order valence-corrected chi connectivity index (χ1v) is 8.75. The highest BCUT2D eigenvalue weighted by Gasteiger charge is 2.22. The van der Waals surface area contributed by atoms with Crippen molar-refractivity contribution in [2.75, 3.05) is 52.9 Å². The molecule has 2 fully saturated rings. The van der Waals surface area contributed by atoms with Crippen molar-refractivity contribution in [1.82, 2.24) is 20.2 Å². The molecule has 0 saturated carbocycles. The summed E-state index contributed by atoms with van der Waals surface area (Å²) >= 11 is 0. The number of likely N-dealkylation sites (tertiary alicyclic amines) is 1. The number of likely N-dealkylation sites (N-methyl/N-ethyl adjacent to an activating group) is 1. The lowest BCUT2D eigenvalue weighted by Crippen LogP contribution is -2.55. The normalized spacial score (nSPS) is 23.0. The molecule has 1 aromatic rings. The lowest BCUT2D eigenvalue weighted by molar-refractivity contribution is 0.0669. The quantitative estimate of drug-likeness (QED) is 0.888. The van der Waals surface area contributed by atoms with Crippen LogP contribution in [0.4, 0.5) is 0 Å². The fraction of sp³-hybridized carbons (Fsp3) is 0.667. The first kappa shape index (κ1) is 15.9. The Balaban J connectivity index is 1.34. The topological polar surface area (TPSA) is 21.8 Å². The number of hydrazine groups is 1. The summed E-state index contributed by atoms with van der Waals surface area (Å²) in [6.45, 7) is 8.35. The van der Waals surface area contributed by atoms with Crippen LogP contribution in [0.15, 0.2) is 30.3 Å². The van der Waals surface area contributed by atoms with E-state index in [1.54, 1.807) is 0 Å². The van der Waals surface area contributed by atoms with Gasteiger partial charge >= 0.3 is 0 Å². The molecule has 2 aliphatic heterocycles. The number of rotatable bonds is 5. The molecule has 4 heteroatoms. The Bertz CT molecular complexity index is 420. The highest BCUT2D eigenvalue weighted by atomic mass is 15.5. The number of nitrogens with zero attached hydrogens (tertiary/aromatic N) is 3. The van der Waals surface area contributed by atoms with Gasteiger partial charge in [-0.1, -0.05) is 30.3 Å². The second kappa shape index (κ2) is 8.06. The summed E-state index contributed by atoms with van der Waals surface area (Å²) < 4.78 is 0. The van der Waals surface area contributed by atoms with Crippen LogP contribution < -0.4 is 5.43 Å². The molecule has 0 unspecified atom stereocenters. The van der Waals surface area contributed by atoms with Gasteiger partial charge in [-0.05, 0) is 45.0 Å². The Hall–Kier alpha value is -0.940. The van der Waals surface area contributed by atoms with Gasteiger partial charge in [0.1, 0.15) is 0 Å². The molecule has 0 atom stereocenters. The van der Waals surface area contributed by atoms with Crippen molar-refractivity contribution in [2.45, 2.75) is 25.3 Å². The maximum absolute atomic E-state index is 3.75. The molecule has 0 aromatic heterocycles. The van der Waals surface area contributed by atoms with Crippen LogP contribution in [-0.2, 0) is 6.42 Å². The lowest BCUT2D eigenvalue weighted by Gasteiger charge is -2.38. The Labute approximate surface area is 135 Å². The molecule has 1 aromatic carbocycles. The Morgan fingerprint density at radius 3 is 2.32 bits per heavy atom. The Morgan fingerprint density at radius 2 is 1.64 bits per heavy atom. The highest BCUT2D eigenvalue weighted by molar-refractivity contribution is 5.14. The number of benzene rings is 1. The van der Waals surface area contributed by atoms with E-state index in [-0.39, 0.29) is 0 Å². The monoisotopic (exact) mass is 302 g/mol. The third-order valence-electron chi connectivity index (χ3n) is 5.02. The third-order valence-corrected chi connectivity index (χ3v) is 5.02. The first-order chi connectivity index (χ1) is 10.8. The summed E-state index contributed by atoms with van der Waals surface area (Å²) in [6.07, 6.45) is 3.74. The Kier molecular flexibility index (Phi) is 5.84. The van der Waals surface area contributed by atoms with Gasteiger partial charge in [-0.15, -0.1) is 0 Å². The predicted molar refractivity (Wildman–Crippen MR) is 91.8 cm³/mol. The van der Waals surface area contributed by atoms with Crippen LogP contribution >= 0.6 is 0 Å². The largest absolute Gasteiger partial charge is 0.304 e. The van der Waals surface area contributed by atoms with Crippen LogP contribution in [0.3, 0.4) is 0 Å². The van der Waals surface area contributed by atoms with E-state index in [0.717, 1.165) is 13.1 Å². The number of piperidine rings is 1. The van der Waals surface area contributed by atoms with Gasteiger partial charge in [0.2, 0.25) is 0 Å². The van der Waals surface area contributed by atoms with Gasteiger partial charge in [0.25, 0.3) is 0 Å². The Morgan fingerprint density at radius 1 is 0.955 bits per heavy atom. The van der Waals surface area contributed by atoms with Crippen LogP contribution in [-0.4, -0.2) is 73.7 Å². The average Bonchev–Trinajstić information content (AvgIpc) is 2.57. The van der Waals surface area contributed by atoms with Gasteiger partial charge in [0.05, 0.1) is 0 Å². The van der Waals surface area contributed by atoms with Gasteiger partial charge in [0, 0.05) is 38.8 Å². The zero-order valence-electron chi connectivity index (χ0n) is 13.9. The molecule has 0 spiro atoms. The second-order valence-electron chi connectivity index (χ2n) is 6.77. The van der Waals surface area contributed by atoms with Gasteiger partial charge in [-0.3, -0.25) is 5.43 Å². The van der Waals surface area contributed by atoms with Crippen molar-refractivity contribution in [2.24, 2.45) is 0 Å². The zero-order valence-corrected chi connectivity index (χ0v) is 13.9. The third kappa shape index (κ3) is 4.78. The van der Waals surface area contributed by atoms with E-state index < -0.39 is 0 Å². The summed E-state index contributed by atoms with van der Waals surface area (Å²) in [5, 5.41) is 2.43. The standard InChI is InChI=1S/C18H30N4/c1-20-13-15-22(16-14-20)19-18-8-11-21(12-9-18)10-7-17-5-3-2-4-6-17/h2-6,18-19H,7-16H2,1H3. The number of piperazine rings is 1. The van der Waals surface area contributed by atoms with Gasteiger partial charge in [-0.2, -0.15) is 0 Å². The predicted octanol–water partition coefficient (Wildman–Crippen LogP) is 1.45. The second-order valence-corrected chi connectivity index (χ2v) is 6.77. The first-order valence-electron chi connectivity index (χ1n) is 8.75. The molecule has 122 valence electrons. The van der Waals surface area contributed by atoms with E-state index in [0.29, 0.717) is 6.04 Å². The van der Waals surface area contributed by atoms with E-state index in [4.69, 9.17) is 0 Å². The van der Waals surface area contributed by atoms with Crippen molar-refractivity contribution in [3.8, 4) is 0 Å². The molecule has 2 aliphatic rings. The fourth-order valence-electron chi connectivity index (χ4n) is 3.41. The molecule has 22 heavy (non-hydrogen) atoms. The summed E-state index contributed by atoms with van der Waals surface area (Å²) in [4.78, 5) is 5.03. The van der Waals surface area contributed by atoms with E-state index in [9.17, 15) is 0 Å². The smallest absolute Gasteiger partial charge is 0.0259 e. The fourth-order valence-corrected chi connectivity index (χ4v) is 3.41. The minimum absolute atomic E-state index is 0.677. The molecule has 2 saturated heterocycles. The van der Waals surface area contributed by atoms with E-state index in [1.807, 2.05) is 0 Å². The molecule has 1 N–H and O–H groups in total. The van der Waals surface area contributed by atoms with Crippen LogP contribution in [0.25, 0.3) is 0 Å². The summed E-state index contributed by atoms with van der Waals surface area (Å²) in [5.74, 6) is 0. The molecule has 0 amide bonds. The minimum atomic E-state index is 0.677. The van der Waals surface area contributed by atoms with Crippen LogP contribution in [0.2, 0.25) is 0 Å². The molecule has 0 aliphatic carbocycles. The molecular formula is C18H30N4. The van der Waals surface area contributed by atoms with E-state index in [1.165, 1.54) is 57.5 Å². The zero-order chi connectivity index (χ0) is 15.2. The number of hydrogen-bond donors (Lipinski definition) is 1. The van der Waals surface area contributed by atoms with Crippen molar-refractivity contribution >= 4 is 0 Å². The average molecular weight is 302 g/mol. The van der Waals surface area contributed by atoms with Crippen molar-refractivity contribution in [3.05, 3.63) is 35.9 Å². The van der Waals surface area contributed by atoms with Gasteiger partial charge in [-0.25, -0.2) is 5.01 Å². The SMILES string of the molecule is CN1CCN(NC2CCN(CCc3ccccc3)CC2)CC1. The maximum Gasteiger partial charge on any atom is 0.0259 e. The maximum atomic E-state index is 3.75. The van der Waals surface area contributed by atoms with E-state index >= 15 is 0 Å². The molecule has 4 nitrogen and oxygen atoms in total. The molecular weight excluding hydrogens is 272 g/mol. The number of nitrogens with one attached hydrogen (secondary N) is 1. The van der Waals surface area contributed by atoms with Crippen LogP contribution in [0.5, 0.6) is 0 Å². The molecule has 3 rings (SSSR count). The van der Waals surface area contributed by atoms with Crippen molar-refractivity contribution in [3.63, 3.8) is 0 Å². The van der Waals surface area contributed by atoms with Gasteiger partial charge in [0.15, 0.2) is 0 Å². The highest BCUT2D eigenvalue weighted by Crippen LogP contribution is 2.12. The van der Waals surface area contributed by atoms with Crippen molar-refractivity contribution in [1.29, 1.82) is 0 Å².